The maximum absolute atomic E-state index is 12.0. The van der Waals surface area contributed by atoms with Gasteiger partial charge in [-0.2, -0.15) is 0 Å². The fraction of sp³-hybridized carbons (Fsp3) is 0.474. The van der Waals surface area contributed by atoms with Crippen molar-refractivity contribution < 1.29 is 18.8 Å². The molecule has 0 unspecified atom stereocenters. The van der Waals surface area contributed by atoms with Crippen molar-refractivity contribution in [3.63, 3.8) is 0 Å². The van der Waals surface area contributed by atoms with E-state index in [1.54, 1.807) is 6.07 Å². The zero-order chi connectivity index (χ0) is 18.2. The molecule has 0 aliphatic carbocycles. The molecule has 3 rings (SSSR count). The molecule has 0 spiro atoms. The average Bonchev–Trinajstić information content (AvgIpc) is 3.08. The topological polar surface area (TPSA) is 73.6 Å². The largest absolute Gasteiger partial charge is 0.381 e. The van der Waals surface area contributed by atoms with Crippen LogP contribution >= 0.6 is 15.9 Å². The number of hydrogen-bond donors (Lipinski definition) is 1. The molecule has 140 valence electrons. The minimum atomic E-state index is -0.0357. The van der Waals surface area contributed by atoms with Gasteiger partial charge in [0.15, 0.2) is 5.76 Å². The molecule has 1 N–H and O–H groups in total. The SMILES string of the molecule is O=C(Cc1cc(COCc2cccc(Br)c2)on1)NCC1CCOCC1. The molecule has 1 aromatic carbocycles. The molecule has 0 radical (unpaired) electrons. The van der Waals surface area contributed by atoms with E-state index in [0.29, 0.717) is 37.1 Å². The Bertz CT molecular complexity index is 713. The van der Waals surface area contributed by atoms with Crippen molar-refractivity contribution in [2.75, 3.05) is 19.8 Å². The van der Waals surface area contributed by atoms with Gasteiger partial charge in [-0.15, -0.1) is 0 Å². The summed E-state index contributed by atoms with van der Waals surface area (Å²) in [4.78, 5) is 12.0. The Kier molecular flexibility index (Phi) is 7.22. The predicted octanol–water partition coefficient (Wildman–Crippen LogP) is 3.24. The van der Waals surface area contributed by atoms with Gasteiger partial charge in [0.1, 0.15) is 6.61 Å². The number of aromatic nitrogens is 1. The van der Waals surface area contributed by atoms with E-state index in [1.807, 2.05) is 24.3 Å². The second kappa shape index (κ2) is 9.85. The van der Waals surface area contributed by atoms with Crippen LogP contribution in [0, 0.1) is 5.92 Å². The number of hydrogen-bond acceptors (Lipinski definition) is 5. The molecule has 2 aromatic rings. The van der Waals surface area contributed by atoms with E-state index in [-0.39, 0.29) is 12.3 Å². The fourth-order valence-corrected chi connectivity index (χ4v) is 3.29. The summed E-state index contributed by atoms with van der Waals surface area (Å²) < 4.78 is 17.2. The summed E-state index contributed by atoms with van der Waals surface area (Å²) in [6.45, 7) is 3.08. The molecule has 1 aliphatic rings. The van der Waals surface area contributed by atoms with Crippen molar-refractivity contribution in [2.45, 2.75) is 32.5 Å². The fourth-order valence-electron chi connectivity index (χ4n) is 2.84. The van der Waals surface area contributed by atoms with E-state index in [9.17, 15) is 4.79 Å². The number of nitrogens with zero attached hydrogens (tertiary/aromatic N) is 1. The molecule has 2 heterocycles. The second-order valence-electron chi connectivity index (χ2n) is 6.44. The molecular formula is C19H23BrN2O4. The van der Waals surface area contributed by atoms with Gasteiger partial charge in [-0.05, 0) is 36.5 Å². The lowest BCUT2D eigenvalue weighted by Gasteiger charge is -2.21. The van der Waals surface area contributed by atoms with Crippen LogP contribution in [0.1, 0.15) is 29.9 Å². The Morgan fingerprint density at radius 2 is 2.12 bits per heavy atom. The highest BCUT2D eigenvalue weighted by Gasteiger charge is 2.15. The molecule has 1 aliphatic heterocycles. The standard InChI is InChI=1S/C19H23BrN2O4/c20-16-3-1-2-15(8-16)12-25-13-18-9-17(22-26-18)10-19(23)21-11-14-4-6-24-7-5-14/h1-3,8-9,14H,4-7,10-13H2,(H,21,23). The van der Waals surface area contributed by atoms with Gasteiger partial charge in [0, 0.05) is 30.3 Å². The van der Waals surface area contributed by atoms with Gasteiger partial charge < -0.3 is 19.3 Å². The summed E-state index contributed by atoms with van der Waals surface area (Å²) in [6, 6.07) is 9.72. The Balaban J connectivity index is 1.37. The number of benzene rings is 1. The summed E-state index contributed by atoms with van der Waals surface area (Å²) in [5.74, 6) is 1.09. The first kappa shape index (κ1) is 19.1. The molecular weight excluding hydrogens is 400 g/mol. The number of amides is 1. The third-order valence-corrected chi connectivity index (χ3v) is 4.77. The molecule has 0 atom stereocenters. The Morgan fingerprint density at radius 1 is 1.27 bits per heavy atom. The van der Waals surface area contributed by atoms with Crippen molar-refractivity contribution in [2.24, 2.45) is 5.92 Å². The van der Waals surface area contributed by atoms with Crippen molar-refractivity contribution in [3.05, 3.63) is 51.8 Å². The van der Waals surface area contributed by atoms with Crippen LogP contribution in [0.4, 0.5) is 0 Å². The van der Waals surface area contributed by atoms with Crippen LogP contribution in [0.3, 0.4) is 0 Å². The summed E-state index contributed by atoms with van der Waals surface area (Å²) in [7, 11) is 0. The van der Waals surface area contributed by atoms with E-state index in [1.165, 1.54) is 0 Å². The number of rotatable bonds is 8. The molecule has 0 bridgehead atoms. The van der Waals surface area contributed by atoms with Gasteiger partial charge in [0.25, 0.3) is 0 Å². The van der Waals surface area contributed by atoms with E-state index in [2.05, 4.69) is 26.4 Å². The first-order valence-electron chi connectivity index (χ1n) is 8.80. The predicted molar refractivity (Wildman–Crippen MR) is 99.4 cm³/mol. The third-order valence-electron chi connectivity index (χ3n) is 4.28. The Hall–Kier alpha value is -1.70. The van der Waals surface area contributed by atoms with E-state index in [4.69, 9.17) is 14.0 Å². The van der Waals surface area contributed by atoms with Gasteiger partial charge in [0.2, 0.25) is 5.91 Å². The first-order chi connectivity index (χ1) is 12.7. The van der Waals surface area contributed by atoms with Crippen LogP contribution < -0.4 is 5.32 Å². The highest BCUT2D eigenvalue weighted by atomic mass is 79.9. The smallest absolute Gasteiger partial charge is 0.226 e. The lowest BCUT2D eigenvalue weighted by Crippen LogP contribution is -2.33. The van der Waals surface area contributed by atoms with Gasteiger partial charge in [-0.3, -0.25) is 4.79 Å². The quantitative estimate of drug-likeness (QED) is 0.706. The highest BCUT2D eigenvalue weighted by Crippen LogP contribution is 2.14. The first-order valence-corrected chi connectivity index (χ1v) is 9.59. The zero-order valence-electron chi connectivity index (χ0n) is 14.6. The summed E-state index contributed by atoms with van der Waals surface area (Å²) in [5.41, 5.74) is 1.70. The van der Waals surface area contributed by atoms with Gasteiger partial charge in [-0.1, -0.05) is 33.2 Å². The summed E-state index contributed by atoms with van der Waals surface area (Å²) >= 11 is 3.43. The second-order valence-corrected chi connectivity index (χ2v) is 7.36. The normalized spacial score (nSPS) is 15.1. The Labute approximate surface area is 161 Å². The van der Waals surface area contributed by atoms with E-state index < -0.39 is 0 Å². The van der Waals surface area contributed by atoms with Crippen molar-refractivity contribution in [1.29, 1.82) is 0 Å². The van der Waals surface area contributed by atoms with Crippen LogP contribution in [0.25, 0.3) is 0 Å². The lowest BCUT2D eigenvalue weighted by atomic mass is 10.0. The minimum absolute atomic E-state index is 0.0357. The van der Waals surface area contributed by atoms with E-state index in [0.717, 1.165) is 36.1 Å². The number of nitrogens with one attached hydrogen (secondary N) is 1. The number of carbonyl (C=O) groups is 1. The van der Waals surface area contributed by atoms with Crippen molar-refractivity contribution in [3.8, 4) is 0 Å². The molecule has 26 heavy (non-hydrogen) atoms. The maximum atomic E-state index is 12.0. The van der Waals surface area contributed by atoms with E-state index >= 15 is 0 Å². The summed E-state index contributed by atoms with van der Waals surface area (Å²) in [6.07, 6.45) is 2.23. The molecule has 1 aromatic heterocycles. The van der Waals surface area contributed by atoms with Gasteiger partial charge in [0.05, 0.1) is 18.7 Å². The molecule has 6 nitrogen and oxygen atoms in total. The average molecular weight is 423 g/mol. The monoisotopic (exact) mass is 422 g/mol. The van der Waals surface area contributed by atoms with Gasteiger partial charge >= 0.3 is 0 Å². The van der Waals surface area contributed by atoms with Crippen molar-refractivity contribution >= 4 is 21.8 Å². The molecule has 1 saturated heterocycles. The van der Waals surface area contributed by atoms with Gasteiger partial charge in [-0.25, -0.2) is 0 Å². The number of halogens is 1. The number of carbonyl (C=O) groups excluding carboxylic acids is 1. The molecule has 0 saturated carbocycles. The molecule has 1 fully saturated rings. The molecule has 1 amide bonds. The highest BCUT2D eigenvalue weighted by molar-refractivity contribution is 9.10. The third kappa shape index (κ3) is 6.23. The Morgan fingerprint density at radius 3 is 2.92 bits per heavy atom. The van der Waals surface area contributed by atoms with Crippen LogP contribution in [-0.4, -0.2) is 30.8 Å². The number of ether oxygens (including phenoxy) is 2. The molecule has 7 heteroatoms. The minimum Gasteiger partial charge on any atom is -0.381 e. The van der Waals surface area contributed by atoms with Crippen LogP contribution in [0.15, 0.2) is 39.3 Å². The maximum Gasteiger partial charge on any atom is 0.226 e. The van der Waals surface area contributed by atoms with Crippen LogP contribution in [0.2, 0.25) is 0 Å². The van der Waals surface area contributed by atoms with Crippen LogP contribution in [0.5, 0.6) is 0 Å². The lowest BCUT2D eigenvalue weighted by molar-refractivity contribution is -0.120. The summed E-state index contributed by atoms with van der Waals surface area (Å²) in [5, 5.41) is 6.92. The zero-order valence-corrected chi connectivity index (χ0v) is 16.2. The van der Waals surface area contributed by atoms with Crippen LogP contribution in [-0.2, 0) is 33.9 Å². The van der Waals surface area contributed by atoms with Crippen molar-refractivity contribution in [1.82, 2.24) is 10.5 Å².